The monoisotopic (exact) mass is 232 g/mol. The minimum absolute atomic E-state index is 0.724. The van der Waals surface area contributed by atoms with Crippen molar-refractivity contribution < 1.29 is 0 Å². The Morgan fingerprint density at radius 3 is 2.41 bits per heavy atom. The minimum Gasteiger partial charge on any atom is -0.330 e. The molecular formula is C15H24N2. The Morgan fingerprint density at radius 1 is 1.06 bits per heavy atom. The Kier molecular flexibility index (Phi) is 5.02. The van der Waals surface area contributed by atoms with Crippen LogP contribution in [0, 0.1) is 5.92 Å². The Labute approximate surface area is 105 Å². The summed E-state index contributed by atoms with van der Waals surface area (Å²) >= 11 is 0. The lowest BCUT2D eigenvalue weighted by molar-refractivity contribution is 0.298. The maximum absolute atomic E-state index is 5.70. The summed E-state index contributed by atoms with van der Waals surface area (Å²) in [6, 6.07) is 11.4. The van der Waals surface area contributed by atoms with E-state index in [0.29, 0.717) is 0 Å². The fraction of sp³-hybridized carbons (Fsp3) is 0.600. The fourth-order valence-corrected chi connectivity index (χ4v) is 2.67. The van der Waals surface area contributed by atoms with E-state index in [0.717, 1.165) is 31.5 Å². The quantitative estimate of drug-likeness (QED) is 0.817. The van der Waals surface area contributed by atoms with Crippen LogP contribution in [-0.2, 0) is 6.42 Å². The van der Waals surface area contributed by atoms with Gasteiger partial charge in [-0.05, 0) is 56.7 Å². The van der Waals surface area contributed by atoms with Crippen LogP contribution in [-0.4, -0.2) is 19.1 Å². The van der Waals surface area contributed by atoms with E-state index < -0.39 is 0 Å². The summed E-state index contributed by atoms with van der Waals surface area (Å²) in [4.78, 5) is 0. The van der Waals surface area contributed by atoms with Crippen LogP contribution in [0.1, 0.15) is 31.2 Å². The first kappa shape index (κ1) is 12.6. The highest BCUT2D eigenvalue weighted by Crippen LogP contribution is 2.23. The second-order valence-electron chi connectivity index (χ2n) is 5.14. The van der Waals surface area contributed by atoms with Crippen molar-refractivity contribution in [3.63, 3.8) is 0 Å². The highest BCUT2D eigenvalue weighted by atomic mass is 14.9. The lowest BCUT2D eigenvalue weighted by Crippen LogP contribution is -2.35. The molecule has 1 aliphatic carbocycles. The summed E-state index contributed by atoms with van der Waals surface area (Å²) in [5.74, 6) is 0.780. The molecule has 1 saturated carbocycles. The highest BCUT2D eigenvalue weighted by Gasteiger charge is 2.19. The lowest BCUT2D eigenvalue weighted by Gasteiger charge is -2.28. The fourth-order valence-electron chi connectivity index (χ4n) is 2.67. The summed E-state index contributed by atoms with van der Waals surface area (Å²) in [5.41, 5.74) is 7.13. The zero-order valence-corrected chi connectivity index (χ0v) is 10.6. The van der Waals surface area contributed by atoms with Gasteiger partial charge in [0.2, 0.25) is 0 Å². The largest absolute Gasteiger partial charge is 0.330 e. The van der Waals surface area contributed by atoms with E-state index in [2.05, 4.69) is 35.6 Å². The van der Waals surface area contributed by atoms with Crippen LogP contribution < -0.4 is 11.1 Å². The summed E-state index contributed by atoms with van der Waals surface area (Å²) in [6.45, 7) is 1.97. The van der Waals surface area contributed by atoms with E-state index in [1.807, 2.05) is 0 Å². The first-order valence-electron chi connectivity index (χ1n) is 6.86. The van der Waals surface area contributed by atoms with Gasteiger partial charge in [0.05, 0.1) is 0 Å². The molecule has 0 bridgehead atoms. The SMILES string of the molecule is NCC1CCC(NCCc2ccccc2)CC1. The second kappa shape index (κ2) is 6.77. The van der Waals surface area contributed by atoms with Crippen LogP contribution in [0.2, 0.25) is 0 Å². The number of benzene rings is 1. The van der Waals surface area contributed by atoms with Gasteiger partial charge in [0, 0.05) is 6.04 Å². The molecule has 2 nitrogen and oxygen atoms in total. The molecule has 0 radical (unpaired) electrons. The van der Waals surface area contributed by atoms with Gasteiger partial charge in [0.25, 0.3) is 0 Å². The molecular weight excluding hydrogens is 208 g/mol. The Balaban J connectivity index is 1.63. The number of rotatable bonds is 5. The molecule has 1 aromatic rings. The third-order valence-corrected chi connectivity index (χ3v) is 3.87. The highest BCUT2D eigenvalue weighted by molar-refractivity contribution is 5.14. The van der Waals surface area contributed by atoms with Crippen molar-refractivity contribution in [2.45, 2.75) is 38.1 Å². The average molecular weight is 232 g/mol. The van der Waals surface area contributed by atoms with Crippen LogP contribution >= 0.6 is 0 Å². The average Bonchev–Trinajstić information content (AvgIpc) is 2.41. The van der Waals surface area contributed by atoms with E-state index in [-0.39, 0.29) is 0 Å². The van der Waals surface area contributed by atoms with E-state index in [1.54, 1.807) is 0 Å². The smallest absolute Gasteiger partial charge is 0.00674 e. The molecule has 0 atom stereocenters. The normalized spacial score (nSPS) is 24.8. The van der Waals surface area contributed by atoms with Crippen molar-refractivity contribution in [2.75, 3.05) is 13.1 Å². The Hall–Kier alpha value is -0.860. The van der Waals surface area contributed by atoms with Crippen LogP contribution in [0.5, 0.6) is 0 Å². The summed E-state index contributed by atoms with van der Waals surface area (Å²) in [5, 5.41) is 3.67. The first-order chi connectivity index (χ1) is 8.38. The zero-order valence-electron chi connectivity index (χ0n) is 10.6. The van der Waals surface area contributed by atoms with Gasteiger partial charge >= 0.3 is 0 Å². The van der Waals surface area contributed by atoms with Crippen molar-refractivity contribution in [1.82, 2.24) is 5.32 Å². The van der Waals surface area contributed by atoms with Gasteiger partial charge in [-0.2, -0.15) is 0 Å². The number of hydrogen-bond donors (Lipinski definition) is 2. The summed E-state index contributed by atoms with van der Waals surface area (Å²) < 4.78 is 0. The lowest BCUT2D eigenvalue weighted by atomic mass is 9.86. The molecule has 2 heteroatoms. The van der Waals surface area contributed by atoms with Crippen molar-refractivity contribution in [1.29, 1.82) is 0 Å². The van der Waals surface area contributed by atoms with Gasteiger partial charge in [-0.1, -0.05) is 30.3 Å². The Bertz CT molecular complexity index is 302. The van der Waals surface area contributed by atoms with Crippen LogP contribution in [0.3, 0.4) is 0 Å². The zero-order chi connectivity index (χ0) is 11.9. The van der Waals surface area contributed by atoms with Gasteiger partial charge in [-0.15, -0.1) is 0 Å². The molecule has 2 rings (SSSR count). The van der Waals surface area contributed by atoms with Gasteiger partial charge < -0.3 is 11.1 Å². The van der Waals surface area contributed by atoms with E-state index in [1.165, 1.54) is 31.2 Å². The predicted octanol–water partition coefficient (Wildman–Crippen LogP) is 2.34. The van der Waals surface area contributed by atoms with E-state index >= 15 is 0 Å². The molecule has 1 aromatic carbocycles. The van der Waals surface area contributed by atoms with Crippen LogP contribution in [0.15, 0.2) is 30.3 Å². The van der Waals surface area contributed by atoms with Crippen molar-refractivity contribution in [3.05, 3.63) is 35.9 Å². The third kappa shape index (κ3) is 4.14. The topological polar surface area (TPSA) is 38.0 Å². The Morgan fingerprint density at radius 2 is 1.76 bits per heavy atom. The molecule has 1 fully saturated rings. The molecule has 3 N–H and O–H groups in total. The van der Waals surface area contributed by atoms with Crippen molar-refractivity contribution in [3.8, 4) is 0 Å². The predicted molar refractivity (Wildman–Crippen MR) is 72.9 cm³/mol. The molecule has 17 heavy (non-hydrogen) atoms. The second-order valence-corrected chi connectivity index (χ2v) is 5.14. The van der Waals surface area contributed by atoms with Crippen LogP contribution in [0.4, 0.5) is 0 Å². The molecule has 0 amide bonds. The molecule has 0 heterocycles. The number of nitrogens with one attached hydrogen (secondary N) is 1. The van der Waals surface area contributed by atoms with Crippen molar-refractivity contribution in [2.24, 2.45) is 11.7 Å². The minimum atomic E-state index is 0.724. The molecule has 1 aliphatic rings. The molecule has 0 aromatic heterocycles. The van der Waals surface area contributed by atoms with Gasteiger partial charge in [0.15, 0.2) is 0 Å². The molecule has 0 unspecified atom stereocenters. The molecule has 0 spiro atoms. The van der Waals surface area contributed by atoms with Crippen molar-refractivity contribution >= 4 is 0 Å². The standard InChI is InChI=1S/C15H24N2/c16-12-14-6-8-15(9-7-14)17-11-10-13-4-2-1-3-5-13/h1-5,14-15,17H,6-12,16H2. The number of hydrogen-bond acceptors (Lipinski definition) is 2. The van der Waals surface area contributed by atoms with E-state index in [4.69, 9.17) is 5.73 Å². The molecule has 0 saturated heterocycles. The maximum Gasteiger partial charge on any atom is 0.00674 e. The van der Waals surface area contributed by atoms with Crippen LogP contribution in [0.25, 0.3) is 0 Å². The summed E-state index contributed by atoms with van der Waals surface area (Å²) in [7, 11) is 0. The number of nitrogens with two attached hydrogens (primary N) is 1. The van der Waals surface area contributed by atoms with E-state index in [9.17, 15) is 0 Å². The van der Waals surface area contributed by atoms with Gasteiger partial charge in [0.1, 0.15) is 0 Å². The molecule has 0 aliphatic heterocycles. The third-order valence-electron chi connectivity index (χ3n) is 3.87. The van der Waals surface area contributed by atoms with Gasteiger partial charge in [-0.25, -0.2) is 0 Å². The van der Waals surface area contributed by atoms with Gasteiger partial charge in [-0.3, -0.25) is 0 Å². The summed E-state index contributed by atoms with van der Waals surface area (Å²) in [6.07, 6.45) is 6.35. The first-order valence-corrected chi connectivity index (χ1v) is 6.86. The maximum atomic E-state index is 5.70. The molecule has 94 valence electrons.